The van der Waals surface area contributed by atoms with Gasteiger partial charge in [0.05, 0.1) is 23.8 Å². The van der Waals surface area contributed by atoms with Gasteiger partial charge in [-0.15, -0.1) is 0 Å². The highest BCUT2D eigenvalue weighted by Crippen LogP contribution is 2.29. The fourth-order valence-corrected chi connectivity index (χ4v) is 2.68. The summed E-state index contributed by atoms with van der Waals surface area (Å²) in [7, 11) is 0. The molecule has 0 bridgehead atoms. The molecule has 1 aliphatic heterocycles. The number of amides is 1. The van der Waals surface area contributed by atoms with Crippen LogP contribution in [0.4, 0.5) is 4.39 Å². The molecule has 134 valence electrons. The van der Waals surface area contributed by atoms with Crippen LogP contribution in [0.2, 0.25) is 5.02 Å². The number of benzene rings is 1. The fourth-order valence-electron chi connectivity index (χ4n) is 2.56. The molecule has 2 N–H and O–H groups in total. The van der Waals surface area contributed by atoms with Crippen molar-refractivity contribution in [3.8, 4) is 0 Å². The fraction of sp³-hybridized carbons (Fsp3) is 0.588. The Morgan fingerprint density at radius 3 is 3.04 bits per heavy atom. The Balaban J connectivity index is 2.01. The van der Waals surface area contributed by atoms with Crippen molar-refractivity contribution < 1.29 is 18.7 Å². The topological polar surface area (TPSA) is 59.6 Å². The molecular weight excluding hydrogens is 335 g/mol. The molecule has 2 rings (SSSR count). The minimum absolute atomic E-state index is 0.00317. The Morgan fingerprint density at radius 2 is 2.33 bits per heavy atom. The predicted molar refractivity (Wildman–Crippen MR) is 90.6 cm³/mol. The second kappa shape index (κ2) is 9.32. The number of nitrogens with one attached hydrogen (secondary N) is 2. The Morgan fingerprint density at radius 1 is 1.54 bits per heavy atom. The van der Waals surface area contributed by atoms with Gasteiger partial charge in [-0.25, -0.2) is 4.39 Å². The van der Waals surface area contributed by atoms with E-state index in [0.29, 0.717) is 26.2 Å². The zero-order valence-electron chi connectivity index (χ0n) is 14.0. The first kappa shape index (κ1) is 19.1. The number of carbonyl (C=O) groups excluding carboxylic acids is 1. The Labute approximate surface area is 146 Å². The van der Waals surface area contributed by atoms with Crippen LogP contribution in [-0.4, -0.2) is 44.9 Å². The normalized spacial score (nSPS) is 21.5. The van der Waals surface area contributed by atoms with Crippen LogP contribution in [0.5, 0.6) is 0 Å². The first-order chi connectivity index (χ1) is 11.5. The van der Waals surface area contributed by atoms with Gasteiger partial charge in [0.2, 0.25) is 5.91 Å². The summed E-state index contributed by atoms with van der Waals surface area (Å²) in [5, 5.41) is 6.21. The molecule has 1 heterocycles. The first-order valence-corrected chi connectivity index (χ1v) is 8.50. The van der Waals surface area contributed by atoms with Gasteiger partial charge in [-0.1, -0.05) is 17.7 Å². The van der Waals surface area contributed by atoms with E-state index in [9.17, 15) is 9.18 Å². The number of rotatable bonds is 6. The van der Waals surface area contributed by atoms with Crippen LogP contribution in [0.1, 0.15) is 25.5 Å². The van der Waals surface area contributed by atoms with Crippen molar-refractivity contribution >= 4 is 17.5 Å². The Kier molecular flexibility index (Phi) is 7.42. The highest BCUT2D eigenvalue weighted by molar-refractivity contribution is 6.30. The molecule has 0 aliphatic carbocycles. The lowest BCUT2D eigenvalue weighted by atomic mass is 9.95. The summed E-state index contributed by atoms with van der Waals surface area (Å²) in [6, 6.07) is 4.69. The highest BCUT2D eigenvalue weighted by Gasteiger charge is 2.27. The molecule has 1 aliphatic rings. The molecule has 1 saturated heterocycles. The van der Waals surface area contributed by atoms with E-state index in [4.69, 9.17) is 21.1 Å². The van der Waals surface area contributed by atoms with E-state index in [1.54, 1.807) is 6.07 Å². The molecule has 0 spiro atoms. The van der Waals surface area contributed by atoms with E-state index in [0.717, 1.165) is 5.56 Å². The zero-order valence-corrected chi connectivity index (χ0v) is 14.7. The summed E-state index contributed by atoms with van der Waals surface area (Å²) in [4.78, 5) is 11.8. The molecule has 1 aromatic rings. The minimum Gasteiger partial charge on any atom is -0.372 e. The van der Waals surface area contributed by atoms with Crippen molar-refractivity contribution in [1.82, 2.24) is 10.6 Å². The van der Waals surface area contributed by atoms with E-state index >= 15 is 0 Å². The molecule has 2 unspecified atom stereocenters. The van der Waals surface area contributed by atoms with E-state index in [1.807, 2.05) is 13.8 Å². The van der Waals surface area contributed by atoms with Gasteiger partial charge in [-0.2, -0.15) is 0 Å². The van der Waals surface area contributed by atoms with Gasteiger partial charge in [0.15, 0.2) is 0 Å². The SMILES string of the molecule is CC(C)OCC(=O)NCC1CNCCOC1c1ccc(Cl)c(F)c1. The number of halogens is 2. The van der Waals surface area contributed by atoms with Crippen LogP contribution in [0, 0.1) is 11.7 Å². The summed E-state index contributed by atoms with van der Waals surface area (Å²) >= 11 is 5.75. The molecule has 0 aromatic heterocycles. The van der Waals surface area contributed by atoms with Gasteiger partial charge in [-0.05, 0) is 31.5 Å². The average Bonchev–Trinajstić information content (AvgIpc) is 2.79. The van der Waals surface area contributed by atoms with Crippen molar-refractivity contribution in [2.45, 2.75) is 26.1 Å². The molecular formula is C17H24ClFN2O3. The van der Waals surface area contributed by atoms with E-state index in [-0.39, 0.29) is 35.7 Å². The third kappa shape index (κ3) is 5.70. The maximum atomic E-state index is 13.8. The minimum atomic E-state index is -0.469. The molecule has 24 heavy (non-hydrogen) atoms. The van der Waals surface area contributed by atoms with Crippen molar-refractivity contribution in [2.75, 3.05) is 32.8 Å². The van der Waals surface area contributed by atoms with Gasteiger partial charge >= 0.3 is 0 Å². The summed E-state index contributed by atoms with van der Waals surface area (Å²) < 4.78 is 24.9. The lowest BCUT2D eigenvalue weighted by Gasteiger charge is -2.25. The van der Waals surface area contributed by atoms with E-state index in [1.165, 1.54) is 12.1 Å². The van der Waals surface area contributed by atoms with Gasteiger partial charge < -0.3 is 20.1 Å². The quantitative estimate of drug-likeness (QED) is 0.819. The van der Waals surface area contributed by atoms with E-state index in [2.05, 4.69) is 10.6 Å². The molecule has 0 saturated carbocycles. The number of hydrogen-bond donors (Lipinski definition) is 2. The highest BCUT2D eigenvalue weighted by atomic mass is 35.5. The molecule has 5 nitrogen and oxygen atoms in total. The molecule has 7 heteroatoms. The number of ether oxygens (including phenoxy) is 2. The molecule has 0 radical (unpaired) electrons. The lowest BCUT2D eigenvalue weighted by molar-refractivity contribution is -0.127. The van der Waals surface area contributed by atoms with Gasteiger partial charge in [0, 0.05) is 25.6 Å². The Bertz CT molecular complexity index is 557. The van der Waals surface area contributed by atoms with Crippen LogP contribution in [0.15, 0.2) is 18.2 Å². The summed E-state index contributed by atoms with van der Waals surface area (Å²) in [5.41, 5.74) is 0.721. The Hall–Kier alpha value is -1.21. The predicted octanol–water partition coefficient (Wildman–Crippen LogP) is 2.30. The van der Waals surface area contributed by atoms with E-state index < -0.39 is 5.82 Å². The lowest BCUT2D eigenvalue weighted by Crippen LogP contribution is -2.38. The number of carbonyl (C=O) groups is 1. The third-order valence-corrected chi connectivity index (χ3v) is 4.10. The second-order valence-electron chi connectivity index (χ2n) is 6.09. The summed E-state index contributed by atoms with van der Waals surface area (Å²) in [6.07, 6.45) is -0.304. The molecule has 2 atom stereocenters. The van der Waals surface area contributed by atoms with Gasteiger partial charge in [0.25, 0.3) is 0 Å². The summed E-state index contributed by atoms with van der Waals surface area (Å²) in [5.74, 6) is -0.659. The second-order valence-corrected chi connectivity index (χ2v) is 6.50. The molecule has 1 amide bonds. The third-order valence-electron chi connectivity index (χ3n) is 3.79. The zero-order chi connectivity index (χ0) is 17.5. The van der Waals surface area contributed by atoms with Gasteiger partial charge in [0.1, 0.15) is 12.4 Å². The monoisotopic (exact) mass is 358 g/mol. The van der Waals surface area contributed by atoms with Crippen molar-refractivity contribution in [3.63, 3.8) is 0 Å². The largest absolute Gasteiger partial charge is 0.372 e. The average molecular weight is 359 g/mol. The maximum Gasteiger partial charge on any atom is 0.246 e. The summed E-state index contributed by atoms with van der Waals surface area (Å²) in [6.45, 7) is 6.10. The first-order valence-electron chi connectivity index (χ1n) is 8.13. The standard InChI is InChI=1S/C17H24ClFN2O3/c1-11(2)24-10-16(22)21-9-13-8-20-5-6-23-17(13)12-3-4-14(18)15(19)7-12/h3-4,7,11,13,17,20H,5-6,8-10H2,1-2H3,(H,21,22). The van der Waals surface area contributed by atoms with Crippen LogP contribution < -0.4 is 10.6 Å². The van der Waals surface area contributed by atoms with Crippen LogP contribution in [-0.2, 0) is 14.3 Å². The van der Waals surface area contributed by atoms with Crippen LogP contribution in [0.3, 0.4) is 0 Å². The van der Waals surface area contributed by atoms with Crippen molar-refractivity contribution in [2.24, 2.45) is 5.92 Å². The van der Waals surface area contributed by atoms with Crippen molar-refractivity contribution in [1.29, 1.82) is 0 Å². The van der Waals surface area contributed by atoms with Crippen LogP contribution in [0.25, 0.3) is 0 Å². The smallest absolute Gasteiger partial charge is 0.246 e. The van der Waals surface area contributed by atoms with Crippen LogP contribution >= 0.6 is 11.6 Å². The van der Waals surface area contributed by atoms with Crippen molar-refractivity contribution in [3.05, 3.63) is 34.6 Å². The van der Waals surface area contributed by atoms with Gasteiger partial charge in [-0.3, -0.25) is 4.79 Å². The maximum absolute atomic E-state index is 13.8. The molecule has 1 aromatic carbocycles. The molecule has 1 fully saturated rings. The number of hydrogen-bond acceptors (Lipinski definition) is 4.